The number of tetrazole rings is 1. The van der Waals surface area contributed by atoms with Crippen molar-refractivity contribution in [3.05, 3.63) is 5.82 Å². The summed E-state index contributed by atoms with van der Waals surface area (Å²) in [5.74, 6) is 1.44. The van der Waals surface area contributed by atoms with Crippen molar-refractivity contribution in [3.8, 4) is 0 Å². The van der Waals surface area contributed by atoms with Crippen molar-refractivity contribution in [1.82, 2.24) is 20.2 Å². The summed E-state index contributed by atoms with van der Waals surface area (Å²) in [5, 5.41) is 11.7. The molecule has 0 spiro atoms. The van der Waals surface area contributed by atoms with E-state index in [-0.39, 0.29) is 0 Å². The lowest BCUT2D eigenvalue weighted by atomic mass is 10.1. The number of rotatable bonds is 3. The van der Waals surface area contributed by atoms with Crippen molar-refractivity contribution in [1.29, 1.82) is 0 Å². The van der Waals surface area contributed by atoms with Crippen molar-refractivity contribution in [3.63, 3.8) is 0 Å². The van der Waals surface area contributed by atoms with Gasteiger partial charge >= 0.3 is 0 Å². The van der Waals surface area contributed by atoms with Crippen LogP contribution in [0.1, 0.15) is 26.1 Å². The Labute approximate surface area is 66.6 Å². The Morgan fingerprint density at radius 3 is 2.64 bits per heavy atom. The first kappa shape index (κ1) is 8.17. The molecule has 0 aliphatic heterocycles. The van der Waals surface area contributed by atoms with Gasteiger partial charge in [-0.15, -0.1) is 10.2 Å². The first-order valence-electron chi connectivity index (χ1n) is 3.93. The summed E-state index contributed by atoms with van der Waals surface area (Å²) in [7, 11) is 0. The zero-order chi connectivity index (χ0) is 8.27. The molecule has 0 aliphatic carbocycles. The van der Waals surface area contributed by atoms with Gasteiger partial charge < -0.3 is 0 Å². The fourth-order valence-electron chi connectivity index (χ4n) is 0.792. The molecule has 0 aromatic carbocycles. The maximum atomic E-state index is 4.08. The van der Waals surface area contributed by atoms with Gasteiger partial charge in [-0.05, 0) is 24.5 Å². The van der Waals surface area contributed by atoms with Crippen LogP contribution >= 0.6 is 0 Å². The molecule has 0 unspecified atom stereocenters. The van der Waals surface area contributed by atoms with E-state index in [4.69, 9.17) is 0 Å². The van der Waals surface area contributed by atoms with E-state index in [0.717, 1.165) is 18.8 Å². The lowest BCUT2D eigenvalue weighted by Crippen LogP contribution is -2.05. The summed E-state index contributed by atoms with van der Waals surface area (Å²) in [4.78, 5) is 1.65. The van der Waals surface area contributed by atoms with E-state index in [1.807, 2.05) is 6.92 Å². The molecule has 0 N–H and O–H groups in total. The molecule has 0 radical (unpaired) electrons. The van der Waals surface area contributed by atoms with Crippen LogP contribution in [0.15, 0.2) is 0 Å². The highest BCUT2D eigenvalue weighted by Crippen LogP contribution is 1.99. The minimum Gasteiger partial charge on any atom is -0.164 e. The van der Waals surface area contributed by atoms with Gasteiger partial charge in [-0.1, -0.05) is 13.8 Å². The third-order valence-electron chi connectivity index (χ3n) is 1.46. The molecular formula is C7H14N4. The molecule has 1 heterocycles. The van der Waals surface area contributed by atoms with Crippen LogP contribution in [0.2, 0.25) is 0 Å². The molecule has 0 saturated heterocycles. The average molecular weight is 154 g/mol. The first-order chi connectivity index (χ1) is 5.18. The van der Waals surface area contributed by atoms with Gasteiger partial charge in [-0.3, -0.25) is 0 Å². The Morgan fingerprint density at radius 2 is 2.18 bits per heavy atom. The van der Waals surface area contributed by atoms with Crippen LogP contribution < -0.4 is 0 Å². The van der Waals surface area contributed by atoms with Gasteiger partial charge in [-0.2, -0.15) is 4.80 Å². The zero-order valence-corrected chi connectivity index (χ0v) is 7.28. The van der Waals surface area contributed by atoms with Gasteiger partial charge in [0.15, 0.2) is 5.82 Å². The normalized spacial score (nSPS) is 10.9. The lowest BCUT2D eigenvalue weighted by molar-refractivity contribution is 0.441. The zero-order valence-electron chi connectivity index (χ0n) is 7.28. The molecule has 4 nitrogen and oxygen atoms in total. The number of hydrogen-bond donors (Lipinski definition) is 0. The highest BCUT2D eigenvalue weighted by atomic mass is 15.6. The van der Waals surface area contributed by atoms with E-state index in [1.165, 1.54) is 0 Å². The summed E-state index contributed by atoms with van der Waals surface area (Å²) < 4.78 is 0. The van der Waals surface area contributed by atoms with Crippen molar-refractivity contribution in [2.75, 3.05) is 0 Å². The number of aryl methyl sites for hydroxylation is 2. The Balaban J connectivity index is 2.39. The molecule has 1 aromatic rings. The van der Waals surface area contributed by atoms with Gasteiger partial charge in [0.2, 0.25) is 0 Å². The van der Waals surface area contributed by atoms with Crippen molar-refractivity contribution < 1.29 is 0 Å². The van der Waals surface area contributed by atoms with Crippen LogP contribution in [0.25, 0.3) is 0 Å². The largest absolute Gasteiger partial charge is 0.171 e. The standard InChI is InChI=1S/C7H14N4/c1-6(2)4-5-11-9-7(3)8-10-11/h6H,4-5H2,1-3H3. The lowest BCUT2D eigenvalue weighted by Gasteiger charge is -2.01. The smallest absolute Gasteiger partial charge is 0.164 e. The summed E-state index contributed by atoms with van der Waals surface area (Å²) in [5.41, 5.74) is 0. The predicted octanol–water partition coefficient (Wildman–Crippen LogP) is 1.03. The van der Waals surface area contributed by atoms with E-state index >= 15 is 0 Å². The second kappa shape index (κ2) is 3.46. The van der Waals surface area contributed by atoms with Gasteiger partial charge in [0, 0.05) is 0 Å². The second-order valence-corrected chi connectivity index (χ2v) is 3.12. The monoisotopic (exact) mass is 154 g/mol. The van der Waals surface area contributed by atoms with E-state index in [9.17, 15) is 0 Å². The maximum Gasteiger partial charge on any atom is 0.171 e. The molecule has 0 aliphatic rings. The van der Waals surface area contributed by atoms with Crippen LogP contribution in [0.3, 0.4) is 0 Å². The molecule has 4 heteroatoms. The Bertz CT molecular complexity index is 216. The summed E-state index contributed by atoms with van der Waals surface area (Å²) in [6, 6.07) is 0. The third kappa shape index (κ3) is 2.65. The van der Waals surface area contributed by atoms with Crippen LogP contribution in [-0.2, 0) is 6.54 Å². The SMILES string of the molecule is Cc1nnn(CCC(C)C)n1. The highest BCUT2D eigenvalue weighted by Gasteiger charge is 1.98. The average Bonchev–Trinajstić information content (AvgIpc) is 2.31. The van der Waals surface area contributed by atoms with Crippen LogP contribution in [-0.4, -0.2) is 20.2 Å². The molecule has 11 heavy (non-hydrogen) atoms. The molecule has 0 saturated carbocycles. The van der Waals surface area contributed by atoms with E-state index in [1.54, 1.807) is 4.80 Å². The molecule has 62 valence electrons. The minimum atomic E-state index is 0.696. The molecule has 0 atom stereocenters. The van der Waals surface area contributed by atoms with Crippen LogP contribution in [0.5, 0.6) is 0 Å². The van der Waals surface area contributed by atoms with Gasteiger partial charge in [0.1, 0.15) is 0 Å². The van der Waals surface area contributed by atoms with Crippen molar-refractivity contribution in [2.45, 2.75) is 33.7 Å². The van der Waals surface area contributed by atoms with Crippen molar-refractivity contribution >= 4 is 0 Å². The third-order valence-corrected chi connectivity index (χ3v) is 1.46. The minimum absolute atomic E-state index is 0.696. The van der Waals surface area contributed by atoms with Gasteiger partial charge in [0.05, 0.1) is 6.54 Å². The Morgan fingerprint density at radius 1 is 1.45 bits per heavy atom. The number of hydrogen-bond acceptors (Lipinski definition) is 3. The fraction of sp³-hybridized carbons (Fsp3) is 0.857. The van der Waals surface area contributed by atoms with Crippen LogP contribution in [0.4, 0.5) is 0 Å². The fourth-order valence-corrected chi connectivity index (χ4v) is 0.792. The van der Waals surface area contributed by atoms with E-state index in [2.05, 4.69) is 29.3 Å². The molecule has 0 fully saturated rings. The van der Waals surface area contributed by atoms with E-state index in [0.29, 0.717) is 5.92 Å². The molecule has 0 amide bonds. The topological polar surface area (TPSA) is 43.6 Å². The van der Waals surface area contributed by atoms with Crippen molar-refractivity contribution in [2.24, 2.45) is 5.92 Å². The molecule has 0 bridgehead atoms. The highest BCUT2D eigenvalue weighted by molar-refractivity contribution is 4.66. The summed E-state index contributed by atoms with van der Waals surface area (Å²) in [6.45, 7) is 7.09. The quantitative estimate of drug-likeness (QED) is 0.653. The maximum absolute atomic E-state index is 4.08. The first-order valence-corrected chi connectivity index (χ1v) is 3.93. The number of nitrogens with zero attached hydrogens (tertiary/aromatic N) is 4. The molecule has 1 aromatic heterocycles. The van der Waals surface area contributed by atoms with Gasteiger partial charge in [0.25, 0.3) is 0 Å². The second-order valence-electron chi connectivity index (χ2n) is 3.12. The van der Waals surface area contributed by atoms with E-state index < -0.39 is 0 Å². The molecule has 1 rings (SSSR count). The predicted molar refractivity (Wildman–Crippen MR) is 42.0 cm³/mol. The molecular weight excluding hydrogens is 140 g/mol. The Kier molecular flexibility index (Phi) is 2.57. The van der Waals surface area contributed by atoms with Crippen LogP contribution in [0, 0.1) is 12.8 Å². The summed E-state index contributed by atoms with van der Waals surface area (Å²) >= 11 is 0. The Hall–Kier alpha value is -0.930. The number of aromatic nitrogens is 4. The summed E-state index contributed by atoms with van der Waals surface area (Å²) in [6.07, 6.45) is 1.11. The van der Waals surface area contributed by atoms with Gasteiger partial charge in [-0.25, -0.2) is 0 Å².